The molecule has 0 spiro atoms. The molecular weight excluding hydrogens is 240 g/mol. The molecule has 0 aromatic heterocycles. The lowest BCUT2D eigenvalue weighted by Crippen LogP contribution is -2.40. The molecule has 18 heavy (non-hydrogen) atoms. The van der Waals surface area contributed by atoms with Crippen LogP contribution in [0.4, 0.5) is 5.69 Å². The normalized spacial score (nSPS) is 26.9. The molecule has 3 heteroatoms. The van der Waals surface area contributed by atoms with Crippen LogP contribution >= 0.6 is 12.2 Å². The summed E-state index contributed by atoms with van der Waals surface area (Å²) in [6, 6.07) is 10.6. The summed E-state index contributed by atoms with van der Waals surface area (Å²) >= 11 is 5.38. The molecule has 1 fully saturated rings. The van der Waals surface area contributed by atoms with E-state index in [4.69, 9.17) is 12.2 Å². The Morgan fingerprint density at radius 3 is 2.61 bits per heavy atom. The Bertz CT molecular complexity index is 391. The lowest BCUT2D eigenvalue weighted by molar-refractivity contribution is 0.369. The van der Waals surface area contributed by atoms with E-state index in [2.05, 4.69) is 24.5 Å². The predicted octanol–water partition coefficient (Wildman–Crippen LogP) is 3.80. The first-order valence-corrected chi connectivity index (χ1v) is 7.24. The van der Waals surface area contributed by atoms with Crippen molar-refractivity contribution < 1.29 is 0 Å². The zero-order chi connectivity index (χ0) is 13.0. The number of nitrogens with one attached hydrogen (secondary N) is 2. The number of hydrogen-bond donors (Lipinski definition) is 2. The third-order valence-corrected chi connectivity index (χ3v) is 4.32. The Hall–Kier alpha value is -1.09. The third kappa shape index (κ3) is 3.22. The zero-order valence-electron chi connectivity index (χ0n) is 11.1. The molecule has 2 nitrogen and oxygen atoms in total. The van der Waals surface area contributed by atoms with Crippen LogP contribution in [0, 0.1) is 11.8 Å². The number of thiocarbonyl (C=S) groups is 1. The van der Waals surface area contributed by atoms with Crippen molar-refractivity contribution in [1.29, 1.82) is 0 Å². The largest absolute Gasteiger partial charge is 0.359 e. The highest BCUT2D eigenvalue weighted by molar-refractivity contribution is 7.80. The van der Waals surface area contributed by atoms with E-state index in [0.29, 0.717) is 12.0 Å². The number of anilines is 1. The van der Waals surface area contributed by atoms with Gasteiger partial charge in [0.25, 0.3) is 0 Å². The van der Waals surface area contributed by atoms with Gasteiger partial charge in [0.05, 0.1) is 0 Å². The molecule has 0 amide bonds. The molecule has 1 aliphatic carbocycles. The number of rotatable bonds is 3. The van der Waals surface area contributed by atoms with Crippen molar-refractivity contribution in [3.63, 3.8) is 0 Å². The third-order valence-electron chi connectivity index (χ3n) is 4.10. The molecule has 1 aliphatic rings. The van der Waals surface area contributed by atoms with E-state index in [-0.39, 0.29) is 0 Å². The average molecular weight is 262 g/mol. The molecule has 2 N–H and O–H groups in total. The Kier molecular flexibility index (Phi) is 4.59. The molecule has 0 heterocycles. The van der Waals surface area contributed by atoms with Gasteiger partial charge in [0.15, 0.2) is 5.11 Å². The minimum absolute atomic E-state index is 0.527. The highest BCUT2D eigenvalue weighted by atomic mass is 32.1. The number of para-hydroxylation sites is 1. The molecule has 1 aromatic carbocycles. The van der Waals surface area contributed by atoms with E-state index in [9.17, 15) is 0 Å². The van der Waals surface area contributed by atoms with Crippen molar-refractivity contribution in [2.45, 2.75) is 39.2 Å². The van der Waals surface area contributed by atoms with Gasteiger partial charge in [0, 0.05) is 11.7 Å². The van der Waals surface area contributed by atoms with Gasteiger partial charge in [-0.15, -0.1) is 0 Å². The Labute approximate surface area is 115 Å². The van der Waals surface area contributed by atoms with E-state index in [1.54, 1.807) is 0 Å². The van der Waals surface area contributed by atoms with Gasteiger partial charge in [0.2, 0.25) is 0 Å². The number of benzene rings is 1. The van der Waals surface area contributed by atoms with Crippen molar-refractivity contribution in [2.75, 3.05) is 5.32 Å². The van der Waals surface area contributed by atoms with Gasteiger partial charge in [-0.3, -0.25) is 0 Å². The van der Waals surface area contributed by atoms with Gasteiger partial charge in [-0.1, -0.05) is 38.5 Å². The van der Waals surface area contributed by atoms with Gasteiger partial charge in [-0.25, -0.2) is 0 Å². The molecule has 2 rings (SSSR count). The smallest absolute Gasteiger partial charge is 0.171 e. The lowest BCUT2D eigenvalue weighted by Gasteiger charge is -2.22. The van der Waals surface area contributed by atoms with Crippen molar-refractivity contribution >= 4 is 23.0 Å². The SMILES string of the molecule is CCC1CCC(NC(=S)Nc2ccccc2)C1C. The lowest BCUT2D eigenvalue weighted by atomic mass is 9.94. The maximum absolute atomic E-state index is 5.38. The van der Waals surface area contributed by atoms with Gasteiger partial charge in [-0.2, -0.15) is 0 Å². The molecule has 0 saturated heterocycles. The topological polar surface area (TPSA) is 24.1 Å². The fourth-order valence-corrected chi connectivity index (χ4v) is 3.15. The van der Waals surface area contributed by atoms with Crippen LogP contribution in [0.1, 0.15) is 33.1 Å². The maximum atomic E-state index is 5.38. The Morgan fingerprint density at radius 1 is 1.28 bits per heavy atom. The summed E-state index contributed by atoms with van der Waals surface area (Å²) in [7, 11) is 0. The number of hydrogen-bond acceptors (Lipinski definition) is 1. The molecule has 98 valence electrons. The quantitative estimate of drug-likeness (QED) is 0.810. The van der Waals surface area contributed by atoms with Crippen LogP contribution in [0.15, 0.2) is 30.3 Å². The minimum atomic E-state index is 0.527. The van der Waals surface area contributed by atoms with Crippen molar-refractivity contribution in [3.05, 3.63) is 30.3 Å². The summed E-state index contributed by atoms with van der Waals surface area (Å²) in [5.41, 5.74) is 1.05. The average Bonchev–Trinajstić information content (AvgIpc) is 2.71. The molecular formula is C15H22N2S. The highest BCUT2D eigenvalue weighted by Gasteiger charge is 2.31. The van der Waals surface area contributed by atoms with Crippen LogP contribution in [-0.2, 0) is 0 Å². The van der Waals surface area contributed by atoms with Crippen LogP contribution in [0.5, 0.6) is 0 Å². The molecule has 0 radical (unpaired) electrons. The summed E-state index contributed by atoms with van der Waals surface area (Å²) in [5.74, 6) is 1.56. The molecule has 0 aliphatic heterocycles. The minimum Gasteiger partial charge on any atom is -0.359 e. The van der Waals surface area contributed by atoms with Crippen LogP contribution in [0.2, 0.25) is 0 Å². The van der Waals surface area contributed by atoms with E-state index < -0.39 is 0 Å². The van der Waals surface area contributed by atoms with E-state index in [0.717, 1.165) is 16.7 Å². The first kappa shape index (κ1) is 13.3. The summed E-state index contributed by atoms with van der Waals surface area (Å²) in [4.78, 5) is 0. The molecule has 0 bridgehead atoms. The van der Waals surface area contributed by atoms with E-state index in [1.165, 1.54) is 19.3 Å². The second kappa shape index (κ2) is 6.19. The fourth-order valence-electron chi connectivity index (χ4n) is 2.88. The van der Waals surface area contributed by atoms with Crippen LogP contribution in [-0.4, -0.2) is 11.2 Å². The van der Waals surface area contributed by atoms with E-state index >= 15 is 0 Å². The van der Waals surface area contributed by atoms with Gasteiger partial charge in [0.1, 0.15) is 0 Å². The van der Waals surface area contributed by atoms with Crippen molar-refractivity contribution in [2.24, 2.45) is 11.8 Å². The van der Waals surface area contributed by atoms with Crippen LogP contribution in [0.25, 0.3) is 0 Å². The predicted molar refractivity (Wildman–Crippen MR) is 81.8 cm³/mol. The first-order valence-electron chi connectivity index (χ1n) is 6.83. The van der Waals surface area contributed by atoms with E-state index in [1.807, 2.05) is 30.3 Å². The monoisotopic (exact) mass is 262 g/mol. The summed E-state index contributed by atoms with van der Waals surface area (Å²) in [6.45, 7) is 4.62. The van der Waals surface area contributed by atoms with Gasteiger partial charge in [-0.05, 0) is 49.0 Å². The first-order chi connectivity index (χ1) is 8.70. The van der Waals surface area contributed by atoms with Gasteiger partial charge >= 0.3 is 0 Å². The fraction of sp³-hybridized carbons (Fsp3) is 0.533. The summed E-state index contributed by atoms with van der Waals surface area (Å²) in [5, 5.41) is 7.45. The second-order valence-electron chi connectivity index (χ2n) is 5.18. The molecule has 3 atom stereocenters. The molecule has 1 aromatic rings. The second-order valence-corrected chi connectivity index (χ2v) is 5.58. The highest BCUT2D eigenvalue weighted by Crippen LogP contribution is 2.33. The Balaban J connectivity index is 1.85. The van der Waals surface area contributed by atoms with Crippen molar-refractivity contribution in [1.82, 2.24) is 5.32 Å². The standard InChI is InChI=1S/C15H22N2S/c1-3-12-9-10-14(11(12)2)17-15(18)16-13-7-5-4-6-8-13/h4-8,11-12,14H,3,9-10H2,1-2H3,(H2,16,17,18). The van der Waals surface area contributed by atoms with Crippen LogP contribution in [0.3, 0.4) is 0 Å². The summed E-state index contributed by atoms with van der Waals surface area (Å²) < 4.78 is 0. The molecule has 1 saturated carbocycles. The summed E-state index contributed by atoms with van der Waals surface area (Å²) in [6.07, 6.45) is 3.83. The van der Waals surface area contributed by atoms with Crippen LogP contribution < -0.4 is 10.6 Å². The van der Waals surface area contributed by atoms with Crippen molar-refractivity contribution in [3.8, 4) is 0 Å². The maximum Gasteiger partial charge on any atom is 0.171 e. The zero-order valence-corrected chi connectivity index (χ0v) is 12.0. The Morgan fingerprint density at radius 2 is 2.00 bits per heavy atom. The molecule has 3 unspecified atom stereocenters. The van der Waals surface area contributed by atoms with Gasteiger partial charge < -0.3 is 10.6 Å².